The average Bonchev–Trinajstić information content (AvgIpc) is 3.31. The van der Waals surface area contributed by atoms with Crippen molar-refractivity contribution in [3.63, 3.8) is 0 Å². The van der Waals surface area contributed by atoms with Gasteiger partial charge in [0.2, 0.25) is 0 Å². The number of ether oxygens (including phenoxy) is 1. The van der Waals surface area contributed by atoms with Crippen LogP contribution in [0.15, 0.2) is 64.7 Å². The van der Waals surface area contributed by atoms with Gasteiger partial charge in [0.25, 0.3) is 11.7 Å². The highest BCUT2D eigenvalue weighted by atomic mass is 16.5. The van der Waals surface area contributed by atoms with Crippen LogP contribution in [0.25, 0.3) is 5.76 Å². The Hall–Kier alpha value is -3.87. The van der Waals surface area contributed by atoms with Crippen molar-refractivity contribution in [1.29, 1.82) is 0 Å². The molecule has 0 radical (unpaired) electrons. The standard InChI is InChI=1S/C26H26N2O5/c1-15(2)32-20-11-9-18(13-16(20)3)24(29)22-23(21-10-8-17(4)33-21)28(26(31)25(22)30)14-19-7-5-6-12-27-19/h5-13,15,23,29H,14H2,1-4H3/b24-22-. The molecule has 7 heteroatoms. The molecule has 1 aromatic carbocycles. The normalized spacial score (nSPS) is 17.7. The maximum Gasteiger partial charge on any atom is 0.296 e. The molecule has 170 valence electrons. The molecule has 1 saturated heterocycles. The molecule has 1 aliphatic rings. The van der Waals surface area contributed by atoms with Crippen LogP contribution in [0.5, 0.6) is 5.75 Å². The second kappa shape index (κ2) is 8.94. The molecule has 1 aliphatic heterocycles. The topological polar surface area (TPSA) is 92.9 Å². The van der Waals surface area contributed by atoms with E-state index < -0.39 is 17.7 Å². The summed E-state index contributed by atoms with van der Waals surface area (Å²) in [6.45, 7) is 7.61. The van der Waals surface area contributed by atoms with E-state index in [1.54, 1.807) is 55.6 Å². The molecule has 1 N–H and O–H groups in total. The number of aryl methyl sites for hydroxylation is 2. The molecule has 0 aliphatic carbocycles. The van der Waals surface area contributed by atoms with Crippen molar-refractivity contribution in [2.45, 2.75) is 46.4 Å². The van der Waals surface area contributed by atoms with Crippen molar-refractivity contribution in [3.8, 4) is 5.75 Å². The third-order valence-corrected chi connectivity index (χ3v) is 5.44. The number of Topliss-reactive ketones (excluding diaryl/α,β-unsaturated/α-hetero) is 1. The first-order valence-corrected chi connectivity index (χ1v) is 10.8. The third kappa shape index (κ3) is 4.39. The summed E-state index contributed by atoms with van der Waals surface area (Å²) >= 11 is 0. The first-order valence-electron chi connectivity index (χ1n) is 10.8. The quantitative estimate of drug-likeness (QED) is 0.335. The maximum atomic E-state index is 13.1. The fraction of sp³-hybridized carbons (Fsp3) is 0.269. The zero-order valence-corrected chi connectivity index (χ0v) is 19.0. The number of carbonyl (C=O) groups is 2. The molecule has 7 nitrogen and oxygen atoms in total. The molecule has 2 aromatic heterocycles. The minimum absolute atomic E-state index is 0.00209. The number of ketones is 1. The van der Waals surface area contributed by atoms with E-state index >= 15 is 0 Å². The summed E-state index contributed by atoms with van der Waals surface area (Å²) < 4.78 is 11.6. The molecule has 3 aromatic rings. The van der Waals surface area contributed by atoms with Gasteiger partial charge in [-0.1, -0.05) is 6.07 Å². The third-order valence-electron chi connectivity index (χ3n) is 5.44. The number of aliphatic hydroxyl groups excluding tert-OH is 1. The Morgan fingerprint density at radius 2 is 1.94 bits per heavy atom. The van der Waals surface area contributed by atoms with E-state index in [1.807, 2.05) is 26.8 Å². The summed E-state index contributed by atoms with van der Waals surface area (Å²) in [5.74, 6) is 0.00554. The predicted molar refractivity (Wildman–Crippen MR) is 122 cm³/mol. The zero-order valence-electron chi connectivity index (χ0n) is 19.0. The van der Waals surface area contributed by atoms with Gasteiger partial charge in [-0.3, -0.25) is 14.6 Å². The van der Waals surface area contributed by atoms with Crippen LogP contribution >= 0.6 is 0 Å². The fourth-order valence-corrected chi connectivity index (χ4v) is 3.94. The lowest BCUT2D eigenvalue weighted by Crippen LogP contribution is -2.29. The Balaban J connectivity index is 1.81. The summed E-state index contributed by atoms with van der Waals surface area (Å²) in [6, 6.07) is 13.1. The predicted octanol–water partition coefficient (Wildman–Crippen LogP) is 4.70. The van der Waals surface area contributed by atoms with Gasteiger partial charge in [0.15, 0.2) is 0 Å². The number of benzene rings is 1. The van der Waals surface area contributed by atoms with E-state index in [4.69, 9.17) is 9.15 Å². The molecule has 4 rings (SSSR count). The van der Waals surface area contributed by atoms with Gasteiger partial charge < -0.3 is 19.2 Å². The van der Waals surface area contributed by atoms with Crippen molar-refractivity contribution >= 4 is 17.4 Å². The number of hydrogen-bond donors (Lipinski definition) is 1. The average molecular weight is 447 g/mol. The van der Waals surface area contributed by atoms with Crippen LogP contribution < -0.4 is 4.74 Å². The number of likely N-dealkylation sites (tertiary alicyclic amines) is 1. The molecular formula is C26H26N2O5. The number of furan rings is 1. The maximum absolute atomic E-state index is 13.1. The molecule has 33 heavy (non-hydrogen) atoms. The summed E-state index contributed by atoms with van der Waals surface area (Å²) in [6.07, 6.45) is 1.63. The Bertz CT molecular complexity index is 1230. The second-order valence-electron chi connectivity index (χ2n) is 8.34. The summed E-state index contributed by atoms with van der Waals surface area (Å²) in [5, 5.41) is 11.2. The number of aromatic nitrogens is 1. The van der Waals surface area contributed by atoms with E-state index in [9.17, 15) is 14.7 Å². The molecule has 1 amide bonds. The highest BCUT2D eigenvalue weighted by molar-refractivity contribution is 6.46. The molecule has 3 heterocycles. The Labute approximate surface area is 192 Å². The number of pyridine rings is 1. The number of rotatable bonds is 6. The van der Waals surface area contributed by atoms with Crippen LogP contribution in [0.1, 0.15) is 48.2 Å². The smallest absolute Gasteiger partial charge is 0.296 e. The minimum Gasteiger partial charge on any atom is -0.507 e. The number of carbonyl (C=O) groups excluding carboxylic acids is 2. The molecule has 0 bridgehead atoms. The highest BCUT2D eigenvalue weighted by Crippen LogP contribution is 2.41. The number of aliphatic hydroxyl groups is 1. The fourth-order valence-electron chi connectivity index (χ4n) is 3.94. The summed E-state index contributed by atoms with van der Waals surface area (Å²) in [5.41, 5.74) is 1.84. The number of nitrogens with zero attached hydrogens (tertiary/aromatic N) is 2. The first-order chi connectivity index (χ1) is 15.8. The van der Waals surface area contributed by atoms with Crippen molar-refractivity contribution in [2.75, 3.05) is 0 Å². The Morgan fingerprint density at radius 1 is 1.15 bits per heavy atom. The first kappa shape index (κ1) is 22.3. The number of hydrogen-bond acceptors (Lipinski definition) is 6. The van der Waals surface area contributed by atoms with Crippen LogP contribution in [0, 0.1) is 13.8 Å². The van der Waals surface area contributed by atoms with Gasteiger partial charge in [-0.25, -0.2) is 0 Å². The second-order valence-corrected chi connectivity index (χ2v) is 8.34. The van der Waals surface area contributed by atoms with Crippen LogP contribution in [0.4, 0.5) is 0 Å². The zero-order chi connectivity index (χ0) is 23.7. The molecule has 1 atom stereocenters. The highest BCUT2D eigenvalue weighted by Gasteiger charge is 2.47. The van der Waals surface area contributed by atoms with E-state index in [2.05, 4.69) is 4.98 Å². The van der Waals surface area contributed by atoms with Gasteiger partial charge in [0.05, 0.1) is 23.9 Å². The van der Waals surface area contributed by atoms with Gasteiger partial charge in [-0.15, -0.1) is 0 Å². The molecule has 1 fully saturated rings. The van der Waals surface area contributed by atoms with Gasteiger partial charge in [0, 0.05) is 11.8 Å². The van der Waals surface area contributed by atoms with Crippen molar-refractivity contribution in [1.82, 2.24) is 9.88 Å². The van der Waals surface area contributed by atoms with Crippen LogP contribution in [-0.2, 0) is 16.1 Å². The Morgan fingerprint density at radius 3 is 2.55 bits per heavy atom. The van der Waals surface area contributed by atoms with E-state index in [-0.39, 0.29) is 24.0 Å². The van der Waals surface area contributed by atoms with Crippen LogP contribution in [0.2, 0.25) is 0 Å². The molecule has 0 spiro atoms. The molecule has 1 unspecified atom stereocenters. The monoisotopic (exact) mass is 446 g/mol. The van der Waals surface area contributed by atoms with Crippen LogP contribution in [0.3, 0.4) is 0 Å². The lowest BCUT2D eigenvalue weighted by Gasteiger charge is -2.23. The lowest BCUT2D eigenvalue weighted by molar-refractivity contribution is -0.140. The summed E-state index contributed by atoms with van der Waals surface area (Å²) in [4.78, 5) is 31.8. The van der Waals surface area contributed by atoms with Gasteiger partial charge >= 0.3 is 0 Å². The van der Waals surface area contributed by atoms with E-state index in [0.717, 1.165) is 5.56 Å². The van der Waals surface area contributed by atoms with Gasteiger partial charge in [-0.05, 0) is 75.7 Å². The number of amides is 1. The van der Waals surface area contributed by atoms with Gasteiger partial charge in [0.1, 0.15) is 29.1 Å². The van der Waals surface area contributed by atoms with Gasteiger partial charge in [-0.2, -0.15) is 0 Å². The Kier molecular flexibility index (Phi) is 6.05. The summed E-state index contributed by atoms with van der Waals surface area (Å²) in [7, 11) is 0. The van der Waals surface area contributed by atoms with E-state index in [1.165, 1.54) is 4.90 Å². The van der Waals surface area contributed by atoms with Crippen molar-refractivity contribution in [2.24, 2.45) is 0 Å². The molecular weight excluding hydrogens is 420 g/mol. The van der Waals surface area contributed by atoms with E-state index in [0.29, 0.717) is 28.5 Å². The van der Waals surface area contributed by atoms with Crippen molar-refractivity contribution in [3.05, 3.63) is 88.6 Å². The molecule has 0 saturated carbocycles. The van der Waals surface area contributed by atoms with Crippen LogP contribution in [-0.4, -0.2) is 32.8 Å². The minimum atomic E-state index is -0.868. The SMILES string of the molecule is Cc1ccc(C2/C(=C(/O)c3ccc(OC(C)C)c(C)c3)C(=O)C(=O)N2Cc2ccccn2)o1. The lowest BCUT2D eigenvalue weighted by atomic mass is 9.98. The van der Waals surface area contributed by atoms with Crippen molar-refractivity contribution < 1.29 is 23.8 Å². The largest absolute Gasteiger partial charge is 0.507 e.